The first-order valence-corrected chi connectivity index (χ1v) is 12.6. The fourth-order valence-corrected chi connectivity index (χ4v) is 4.20. The van der Waals surface area contributed by atoms with Crippen LogP contribution < -0.4 is 15.0 Å². The van der Waals surface area contributed by atoms with Crippen molar-refractivity contribution >= 4 is 21.6 Å². The van der Waals surface area contributed by atoms with Gasteiger partial charge in [0.25, 0.3) is 0 Å². The first-order chi connectivity index (χ1) is 15.2. The Morgan fingerprint density at radius 2 is 1.84 bits per heavy atom. The van der Waals surface area contributed by atoms with Crippen molar-refractivity contribution in [1.82, 2.24) is 10.3 Å². The molecule has 3 rings (SSSR count). The molecule has 32 heavy (non-hydrogen) atoms. The van der Waals surface area contributed by atoms with Crippen molar-refractivity contribution in [3.05, 3.63) is 48.2 Å². The van der Waals surface area contributed by atoms with Crippen LogP contribution in [-0.4, -0.2) is 57.5 Å². The number of benzene rings is 1. The minimum atomic E-state index is -3.22. The average molecular weight is 462 g/mol. The quantitative estimate of drug-likeness (QED) is 0.573. The molecule has 0 spiro atoms. The van der Waals surface area contributed by atoms with Crippen LogP contribution in [0, 0.1) is 0 Å². The number of morpholine rings is 1. The molecule has 2 atom stereocenters. The van der Waals surface area contributed by atoms with E-state index in [1.807, 2.05) is 12.1 Å². The fourth-order valence-electron chi connectivity index (χ4n) is 3.57. The summed E-state index contributed by atoms with van der Waals surface area (Å²) in [7, 11) is -3.22. The summed E-state index contributed by atoms with van der Waals surface area (Å²) in [5, 5.41) is 2.90. The average Bonchev–Trinajstić information content (AvgIpc) is 2.75. The predicted octanol–water partition coefficient (Wildman–Crippen LogP) is 2.57. The summed E-state index contributed by atoms with van der Waals surface area (Å²) in [5.74, 6) is 1.44. The number of carbonyl (C=O) groups excluding carboxylic acids is 1. The Labute approximate surface area is 189 Å². The van der Waals surface area contributed by atoms with Crippen molar-refractivity contribution in [3.63, 3.8) is 0 Å². The zero-order valence-electron chi connectivity index (χ0n) is 18.8. The Morgan fingerprint density at radius 3 is 2.44 bits per heavy atom. The summed E-state index contributed by atoms with van der Waals surface area (Å²) in [4.78, 5) is 19.1. The van der Waals surface area contributed by atoms with E-state index in [-0.39, 0.29) is 23.0 Å². The van der Waals surface area contributed by atoms with Crippen molar-refractivity contribution in [2.45, 2.75) is 50.3 Å². The molecule has 9 heteroatoms. The predicted molar refractivity (Wildman–Crippen MR) is 123 cm³/mol. The molecule has 1 aromatic carbocycles. The summed E-state index contributed by atoms with van der Waals surface area (Å²) < 4.78 is 34.3. The van der Waals surface area contributed by atoms with Crippen molar-refractivity contribution < 1.29 is 22.7 Å². The maximum absolute atomic E-state index is 12.1. The van der Waals surface area contributed by atoms with Gasteiger partial charge in [0, 0.05) is 38.5 Å². The third kappa shape index (κ3) is 7.20. The molecule has 8 nitrogen and oxygen atoms in total. The van der Waals surface area contributed by atoms with Gasteiger partial charge in [0.05, 0.1) is 23.7 Å². The summed E-state index contributed by atoms with van der Waals surface area (Å²) in [6.45, 7) is 6.56. The van der Waals surface area contributed by atoms with E-state index in [1.165, 1.54) is 12.1 Å². The zero-order valence-corrected chi connectivity index (χ0v) is 19.6. The van der Waals surface area contributed by atoms with Gasteiger partial charge in [-0.25, -0.2) is 13.4 Å². The normalized spacial score (nSPS) is 18.9. The Morgan fingerprint density at radius 1 is 1.16 bits per heavy atom. The summed E-state index contributed by atoms with van der Waals surface area (Å²) >= 11 is 0. The van der Waals surface area contributed by atoms with Gasteiger partial charge in [0.15, 0.2) is 9.84 Å². The van der Waals surface area contributed by atoms with E-state index in [4.69, 9.17) is 9.47 Å². The van der Waals surface area contributed by atoms with Crippen LogP contribution in [0.3, 0.4) is 0 Å². The number of sulfone groups is 1. The van der Waals surface area contributed by atoms with E-state index in [2.05, 4.69) is 29.0 Å². The lowest BCUT2D eigenvalue weighted by Gasteiger charge is -2.36. The zero-order chi connectivity index (χ0) is 23.1. The number of carbonyl (C=O) groups is 1. The highest BCUT2D eigenvalue weighted by Crippen LogP contribution is 2.19. The van der Waals surface area contributed by atoms with Gasteiger partial charge < -0.3 is 19.7 Å². The number of hydrogen-bond acceptors (Lipinski definition) is 7. The van der Waals surface area contributed by atoms with Crippen LogP contribution in [0.5, 0.6) is 5.75 Å². The largest absolute Gasteiger partial charge is 0.494 e. The highest BCUT2D eigenvalue weighted by Gasteiger charge is 2.22. The molecule has 2 aromatic rings. The van der Waals surface area contributed by atoms with Crippen molar-refractivity contribution in [2.24, 2.45) is 0 Å². The first-order valence-electron chi connectivity index (χ1n) is 10.8. The smallest absolute Gasteiger partial charge is 0.220 e. The Kier molecular flexibility index (Phi) is 8.09. The van der Waals surface area contributed by atoms with Crippen LogP contribution in [0.2, 0.25) is 0 Å². The van der Waals surface area contributed by atoms with Gasteiger partial charge >= 0.3 is 0 Å². The topological polar surface area (TPSA) is 97.8 Å². The number of hydrogen-bond donors (Lipinski definition) is 1. The van der Waals surface area contributed by atoms with Crippen molar-refractivity contribution in [2.75, 3.05) is 30.9 Å². The molecule has 0 aliphatic carbocycles. The highest BCUT2D eigenvalue weighted by atomic mass is 32.2. The minimum Gasteiger partial charge on any atom is -0.494 e. The molecule has 0 saturated carbocycles. The maximum Gasteiger partial charge on any atom is 0.220 e. The maximum atomic E-state index is 12.1. The molecule has 1 fully saturated rings. The number of nitrogens with one attached hydrogen (secondary N) is 1. The molecule has 2 heterocycles. The lowest BCUT2D eigenvalue weighted by molar-refractivity contribution is -0.121. The molecule has 1 aliphatic rings. The van der Waals surface area contributed by atoms with Crippen LogP contribution in [0.15, 0.2) is 47.5 Å². The summed E-state index contributed by atoms with van der Waals surface area (Å²) in [6, 6.07) is 10.2. The second-order valence-electron chi connectivity index (χ2n) is 8.16. The van der Waals surface area contributed by atoms with E-state index in [9.17, 15) is 13.2 Å². The van der Waals surface area contributed by atoms with Gasteiger partial charge in [0.2, 0.25) is 5.91 Å². The van der Waals surface area contributed by atoms with Crippen molar-refractivity contribution in [1.29, 1.82) is 0 Å². The number of nitrogens with zero attached hydrogens (tertiary/aromatic N) is 2. The van der Waals surface area contributed by atoms with Crippen LogP contribution in [-0.2, 0) is 25.9 Å². The lowest BCUT2D eigenvalue weighted by Crippen LogP contribution is -2.45. The fraction of sp³-hybridized carbons (Fsp3) is 0.478. The molecule has 1 aromatic heterocycles. The second kappa shape index (κ2) is 10.8. The standard InChI is InChI=1S/C23H31N3O5S/c1-17-15-26(16-18(2)31-17)22-11-6-19(13-24-22)14-25-23(27)5-4-12-30-20-7-9-21(10-8-20)32(3,28)29/h6-11,13,17-18H,4-5,12,14-16H2,1-3H3,(H,25,27). The third-order valence-corrected chi connectivity index (χ3v) is 6.24. The lowest BCUT2D eigenvalue weighted by atomic mass is 10.2. The van der Waals surface area contributed by atoms with Gasteiger partial charge in [-0.2, -0.15) is 0 Å². The van der Waals surface area contributed by atoms with Gasteiger partial charge in [-0.05, 0) is 56.2 Å². The number of anilines is 1. The third-order valence-electron chi connectivity index (χ3n) is 5.11. The van der Waals surface area contributed by atoms with Crippen LogP contribution in [0.25, 0.3) is 0 Å². The molecule has 0 bridgehead atoms. The molecular weight excluding hydrogens is 430 g/mol. The number of ether oxygens (including phenoxy) is 2. The molecule has 1 aliphatic heterocycles. The molecule has 2 unspecified atom stereocenters. The van der Waals surface area contributed by atoms with Crippen molar-refractivity contribution in [3.8, 4) is 5.75 Å². The SMILES string of the molecule is CC1CN(c2ccc(CNC(=O)CCCOc3ccc(S(C)(=O)=O)cc3)cn2)CC(C)O1. The molecule has 174 valence electrons. The summed E-state index contributed by atoms with van der Waals surface area (Å²) in [5.41, 5.74) is 0.943. The molecule has 1 amide bonds. The van der Waals surface area contributed by atoms with E-state index in [1.54, 1.807) is 18.3 Å². The van der Waals surface area contributed by atoms with Gasteiger partial charge in [0.1, 0.15) is 11.6 Å². The first kappa shape index (κ1) is 24.0. The second-order valence-corrected chi connectivity index (χ2v) is 10.2. The minimum absolute atomic E-state index is 0.0547. The van der Waals surface area contributed by atoms with Gasteiger partial charge in [-0.1, -0.05) is 6.07 Å². The monoisotopic (exact) mass is 461 g/mol. The van der Waals surface area contributed by atoms with E-state index in [0.29, 0.717) is 31.7 Å². The highest BCUT2D eigenvalue weighted by molar-refractivity contribution is 7.90. The van der Waals surface area contributed by atoms with Crippen LogP contribution >= 0.6 is 0 Å². The Hall–Kier alpha value is -2.65. The number of amides is 1. The van der Waals surface area contributed by atoms with Crippen LogP contribution in [0.1, 0.15) is 32.3 Å². The van der Waals surface area contributed by atoms with Crippen LogP contribution in [0.4, 0.5) is 5.82 Å². The van der Waals surface area contributed by atoms with E-state index in [0.717, 1.165) is 30.7 Å². The Bertz CT molecular complexity index is 983. The Balaban J connectivity index is 1.36. The summed E-state index contributed by atoms with van der Waals surface area (Å²) in [6.07, 6.45) is 4.21. The van der Waals surface area contributed by atoms with Gasteiger partial charge in [-0.15, -0.1) is 0 Å². The van der Waals surface area contributed by atoms with Gasteiger partial charge in [-0.3, -0.25) is 4.79 Å². The number of aromatic nitrogens is 1. The van der Waals surface area contributed by atoms with E-state index >= 15 is 0 Å². The molecule has 0 radical (unpaired) electrons. The molecular formula is C23H31N3O5S. The van der Waals surface area contributed by atoms with E-state index < -0.39 is 9.84 Å². The molecule has 1 saturated heterocycles. The number of rotatable bonds is 9. The number of pyridine rings is 1. The molecule has 1 N–H and O–H groups in total.